The van der Waals surface area contributed by atoms with E-state index in [2.05, 4.69) is 10.6 Å². The standard InChI is InChI=1S/C27H35N3O7S/c1-20(31)28-22-10-16-25(17-11-22)38(34,35)30(2)23-12-14-24(15-13-23)36-19-27(33)37-18-26(32)29-21-8-6-4-3-5-7-9-21/h10-17,21H,3-9,18-19H2,1-2H3,(H,28,31)(H,29,32). The Morgan fingerprint density at radius 2 is 1.50 bits per heavy atom. The largest absolute Gasteiger partial charge is 0.482 e. The van der Waals surface area contributed by atoms with Crippen LogP contribution in [-0.4, -0.2) is 52.5 Å². The van der Waals surface area contributed by atoms with E-state index in [1.54, 1.807) is 12.1 Å². The SMILES string of the molecule is CC(=O)Nc1ccc(S(=O)(=O)N(C)c2ccc(OCC(=O)OCC(=O)NC3CCCCCCC3)cc2)cc1. The van der Waals surface area contributed by atoms with Gasteiger partial charge in [0.05, 0.1) is 10.6 Å². The fraction of sp³-hybridized carbons (Fsp3) is 0.444. The van der Waals surface area contributed by atoms with Gasteiger partial charge in [0.15, 0.2) is 13.2 Å². The summed E-state index contributed by atoms with van der Waals surface area (Å²) < 4.78 is 37.5. The molecule has 2 aromatic carbocycles. The molecule has 0 spiro atoms. The monoisotopic (exact) mass is 545 g/mol. The van der Waals surface area contributed by atoms with Crippen molar-refractivity contribution in [3.63, 3.8) is 0 Å². The summed E-state index contributed by atoms with van der Waals surface area (Å²) in [5.41, 5.74) is 0.881. The van der Waals surface area contributed by atoms with E-state index < -0.39 is 16.0 Å². The Balaban J connectivity index is 1.46. The van der Waals surface area contributed by atoms with Gasteiger partial charge in [0, 0.05) is 25.7 Å². The number of nitrogens with one attached hydrogen (secondary N) is 2. The van der Waals surface area contributed by atoms with E-state index in [0.29, 0.717) is 17.1 Å². The maximum atomic E-state index is 13.0. The van der Waals surface area contributed by atoms with Crippen LogP contribution >= 0.6 is 0 Å². The molecule has 1 fully saturated rings. The van der Waals surface area contributed by atoms with Crippen LogP contribution in [0.4, 0.5) is 11.4 Å². The van der Waals surface area contributed by atoms with E-state index in [4.69, 9.17) is 9.47 Å². The molecule has 2 amide bonds. The number of carbonyl (C=O) groups excluding carboxylic acids is 3. The van der Waals surface area contributed by atoms with Gasteiger partial charge in [-0.15, -0.1) is 0 Å². The number of ether oxygens (including phenoxy) is 2. The van der Waals surface area contributed by atoms with Gasteiger partial charge in [0.25, 0.3) is 15.9 Å². The summed E-state index contributed by atoms with van der Waals surface area (Å²) in [7, 11) is -2.42. The highest BCUT2D eigenvalue weighted by molar-refractivity contribution is 7.92. The van der Waals surface area contributed by atoms with E-state index in [1.807, 2.05) is 0 Å². The van der Waals surface area contributed by atoms with Crippen molar-refractivity contribution in [1.29, 1.82) is 0 Å². The molecule has 1 aliphatic rings. The lowest BCUT2D eigenvalue weighted by Gasteiger charge is -2.21. The van der Waals surface area contributed by atoms with E-state index in [0.717, 1.165) is 30.0 Å². The molecule has 1 aliphatic carbocycles. The molecule has 206 valence electrons. The second-order valence-corrected chi connectivity index (χ2v) is 11.2. The number of rotatable bonds is 10. The second-order valence-electron chi connectivity index (χ2n) is 9.23. The molecule has 0 aliphatic heterocycles. The highest BCUT2D eigenvalue weighted by Gasteiger charge is 2.21. The Bertz CT molecular complexity index is 1190. The van der Waals surface area contributed by atoms with Crippen LogP contribution in [0.5, 0.6) is 5.75 Å². The van der Waals surface area contributed by atoms with Crippen LogP contribution in [0, 0.1) is 0 Å². The number of amides is 2. The maximum Gasteiger partial charge on any atom is 0.344 e. The Morgan fingerprint density at radius 3 is 2.11 bits per heavy atom. The van der Waals surface area contributed by atoms with Crippen molar-refractivity contribution >= 4 is 39.2 Å². The van der Waals surface area contributed by atoms with Gasteiger partial charge >= 0.3 is 5.97 Å². The van der Waals surface area contributed by atoms with Gasteiger partial charge in [-0.25, -0.2) is 13.2 Å². The van der Waals surface area contributed by atoms with Crippen LogP contribution in [-0.2, 0) is 29.1 Å². The Morgan fingerprint density at radius 1 is 0.895 bits per heavy atom. The smallest absolute Gasteiger partial charge is 0.344 e. The van der Waals surface area contributed by atoms with E-state index in [-0.39, 0.29) is 36.0 Å². The number of hydrogen-bond acceptors (Lipinski definition) is 7. The molecule has 0 unspecified atom stereocenters. The summed E-state index contributed by atoms with van der Waals surface area (Å²) in [5.74, 6) is -0.902. The quantitative estimate of drug-likeness (QED) is 0.436. The normalized spacial score (nSPS) is 14.5. The molecule has 38 heavy (non-hydrogen) atoms. The zero-order valence-corrected chi connectivity index (χ0v) is 22.6. The lowest BCUT2D eigenvalue weighted by atomic mass is 9.97. The van der Waals surface area contributed by atoms with Crippen molar-refractivity contribution in [2.24, 2.45) is 0 Å². The number of anilines is 2. The van der Waals surface area contributed by atoms with Gasteiger partial charge in [0.2, 0.25) is 5.91 Å². The lowest BCUT2D eigenvalue weighted by Crippen LogP contribution is -2.38. The molecule has 0 atom stereocenters. The van der Waals surface area contributed by atoms with Crippen LogP contribution in [0.15, 0.2) is 53.4 Å². The summed E-state index contributed by atoms with van der Waals surface area (Å²) in [4.78, 5) is 35.4. The molecule has 0 radical (unpaired) electrons. The Labute approximate surface area is 223 Å². The third kappa shape index (κ3) is 8.76. The number of esters is 1. The molecular weight excluding hydrogens is 510 g/mol. The average molecular weight is 546 g/mol. The van der Waals surface area contributed by atoms with Crippen LogP contribution in [0.1, 0.15) is 51.9 Å². The highest BCUT2D eigenvalue weighted by Crippen LogP contribution is 2.25. The topological polar surface area (TPSA) is 131 Å². The predicted molar refractivity (Wildman–Crippen MR) is 143 cm³/mol. The summed E-state index contributed by atoms with van der Waals surface area (Å²) in [5, 5.41) is 5.53. The first-order valence-corrected chi connectivity index (χ1v) is 14.1. The number of hydrogen-bond donors (Lipinski definition) is 2. The van der Waals surface area contributed by atoms with Crippen molar-refractivity contribution in [1.82, 2.24) is 5.32 Å². The first kappa shape index (κ1) is 29.0. The van der Waals surface area contributed by atoms with Gasteiger partial charge in [-0.3, -0.25) is 13.9 Å². The molecule has 0 bridgehead atoms. The molecule has 2 N–H and O–H groups in total. The van der Waals surface area contributed by atoms with Gasteiger partial charge in [-0.05, 0) is 61.4 Å². The summed E-state index contributed by atoms with van der Waals surface area (Å²) in [6, 6.07) is 12.2. The van der Waals surface area contributed by atoms with E-state index in [1.165, 1.54) is 69.6 Å². The maximum absolute atomic E-state index is 13.0. The summed E-state index contributed by atoms with van der Waals surface area (Å²) in [6.07, 6.45) is 7.67. The van der Waals surface area contributed by atoms with Crippen molar-refractivity contribution in [3.05, 3.63) is 48.5 Å². The van der Waals surface area contributed by atoms with Gasteiger partial charge in [0.1, 0.15) is 5.75 Å². The van der Waals surface area contributed by atoms with Crippen LogP contribution in [0.2, 0.25) is 0 Å². The van der Waals surface area contributed by atoms with E-state index in [9.17, 15) is 22.8 Å². The minimum absolute atomic E-state index is 0.0655. The first-order valence-electron chi connectivity index (χ1n) is 12.7. The van der Waals surface area contributed by atoms with Gasteiger partial charge in [-0.1, -0.05) is 32.1 Å². The van der Waals surface area contributed by atoms with Crippen LogP contribution in [0.3, 0.4) is 0 Å². The summed E-state index contributed by atoms with van der Waals surface area (Å²) >= 11 is 0. The fourth-order valence-electron chi connectivity index (χ4n) is 4.16. The average Bonchev–Trinajstić information content (AvgIpc) is 2.87. The molecule has 3 rings (SSSR count). The Hall–Kier alpha value is -3.60. The van der Waals surface area contributed by atoms with E-state index >= 15 is 0 Å². The third-order valence-electron chi connectivity index (χ3n) is 6.22. The van der Waals surface area contributed by atoms with Crippen molar-refractivity contribution in [3.8, 4) is 5.75 Å². The molecule has 1 saturated carbocycles. The van der Waals surface area contributed by atoms with Gasteiger partial charge in [-0.2, -0.15) is 0 Å². The second kappa shape index (κ2) is 13.8. The first-order chi connectivity index (χ1) is 18.1. The molecule has 2 aromatic rings. The molecule has 0 heterocycles. The lowest BCUT2D eigenvalue weighted by molar-refractivity contribution is -0.150. The van der Waals surface area contributed by atoms with Crippen molar-refractivity contribution in [2.75, 3.05) is 29.9 Å². The number of nitrogens with zero attached hydrogens (tertiary/aromatic N) is 1. The highest BCUT2D eigenvalue weighted by atomic mass is 32.2. The molecular formula is C27H35N3O7S. The Kier molecular flexibility index (Phi) is 10.5. The predicted octanol–water partition coefficient (Wildman–Crippen LogP) is 3.62. The van der Waals surface area contributed by atoms with Crippen LogP contribution in [0.25, 0.3) is 0 Å². The van der Waals surface area contributed by atoms with Crippen molar-refractivity contribution in [2.45, 2.75) is 62.8 Å². The zero-order valence-electron chi connectivity index (χ0n) is 21.8. The molecule has 11 heteroatoms. The van der Waals surface area contributed by atoms with Crippen LogP contribution < -0.4 is 19.7 Å². The molecule has 0 aromatic heterocycles. The number of carbonyl (C=O) groups is 3. The number of sulfonamides is 1. The minimum Gasteiger partial charge on any atom is -0.482 e. The molecule has 0 saturated heterocycles. The fourth-order valence-corrected chi connectivity index (χ4v) is 5.36. The third-order valence-corrected chi connectivity index (χ3v) is 8.02. The molecule has 10 nitrogen and oxygen atoms in total. The van der Waals surface area contributed by atoms with Gasteiger partial charge < -0.3 is 20.1 Å². The summed E-state index contributed by atoms with van der Waals surface area (Å²) in [6.45, 7) is 0.630. The van der Waals surface area contributed by atoms with Crippen molar-refractivity contribution < 1.29 is 32.3 Å². The number of benzene rings is 2. The minimum atomic E-state index is -3.84. The zero-order chi connectivity index (χ0) is 27.5.